The van der Waals surface area contributed by atoms with Crippen LogP contribution in [0.1, 0.15) is 0 Å². The predicted molar refractivity (Wildman–Crippen MR) is 61.2 cm³/mol. The zero-order chi connectivity index (χ0) is 11.7. The molecule has 0 unspecified atom stereocenters. The first-order valence-corrected chi connectivity index (χ1v) is 5.31. The third-order valence-electron chi connectivity index (χ3n) is 2.15. The number of rotatable bonds is 1. The summed E-state index contributed by atoms with van der Waals surface area (Å²) in [5.41, 5.74) is 0.542. The molecule has 0 heterocycles. The summed E-state index contributed by atoms with van der Waals surface area (Å²) in [4.78, 5) is 0. The second-order valence-electron chi connectivity index (χ2n) is 3.30. The topological polar surface area (TPSA) is 20.2 Å². The van der Waals surface area contributed by atoms with Gasteiger partial charge in [-0.25, -0.2) is 8.78 Å². The van der Waals surface area contributed by atoms with Crippen molar-refractivity contribution in [1.29, 1.82) is 0 Å². The second-order valence-corrected chi connectivity index (χ2v) is 4.15. The number of phenolic OH excluding ortho intramolecular Hbond substituents is 1. The Balaban J connectivity index is 2.63. The molecular formula is C12H7BrF2O. The van der Waals surface area contributed by atoms with Gasteiger partial charge in [-0.2, -0.15) is 0 Å². The minimum absolute atomic E-state index is 0.227. The fourth-order valence-corrected chi connectivity index (χ4v) is 1.82. The third-order valence-corrected chi connectivity index (χ3v) is 2.76. The normalized spacial score (nSPS) is 10.4. The molecule has 0 amide bonds. The van der Waals surface area contributed by atoms with Gasteiger partial charge in [0.25, 0.3) is 0 Å². The van der Waals surface area contributed by atoms with Crippen LogP contribution in [0, 0.1) is 11.6 Å². The number of halogens is 3. The Morgan fingerprint density at radius 2 is 1.81 bits per heavy atom. The number of hydrogen-bond donors (Lipinski definition) is 1. The molecule has 0 saturated carbocycles. The number of aromatic hydroxyl groups is 1. The van der Waals surface area contributed by atoms with Gasteiger partial charge in [0, 0.05) is 11.6 Å². The maximum absolute atomic E-state index is 13.7. The Morgan fingerprint density at radius 3 is 2.50 bits per heavy atom. The molecule has 0 aliphatic rings. The summed E-state index contributed by atoms with van der Waals surface area (Å²) in [7, 11) is 0. The lowest BCUT2D eigenvalue weighted by molar-refractivity contribution is 0.469. The van der Waals surface area contributed by atoms with E-state index in [0.717, 1.165) is 6.07 Å². The van der Waals surface area contributed by atoms with Gasteiger partial charge in [0.15, 0.2) is 0 Å². The summed E-state index contributed by atoms with van der Waals surface area (Å²) in [5, 5.41) is 9.24. The molecule has 16 heavy (non-hydrogen) atoms. The molecule has 0 aliphatic carbocycles. The zero-order valence-electron chi connectivity index (χ0n) is 8.05. The van der Waals surface area contributed by atoms with Gasteiger partial charge in [-0.15, -0.1) is 0 Å². The molecule has 82 valence electrons. The fourth-order valence-electron chi connectivity index (χ4n) is 1.46. The largest absolute Gasteiger partial charge is 0.508 e. The molecule has 2 rings (SSSR count). The van der Waals surface area contributed by atoms with Crippen LogP contribution in [0.3, 0.4) is 0 Å². The van der Waals surface area contributed by atoms with Gasteiger partial charge in [0.2, 0.25) is 0 Å². The van der Waals surface area contributed by atoms with Crippen LogP contribution in [-0.2, 0) is 0 Å². The molecule has 0 saturated heterocycles. The van der Waals surface area contributed by atoms with E-state index in [9.17, 15) is 13.9 Å². The van der Waals surface area contributed by atoms with Crippen molar-refractivity contribution in [3.05, 3.63) is 52.5 Å². The quantitative estimate of drug-likeness (QED) is 0.836. The van der Waals surface area contributed by atoms with Crippen LogP contribution in [-0.4, -0.2) is 5.11 Å². The van der Waals surface area contributed by atoms with Gasteiger partial charge >= 0.3 is 0 Å². The summed E-state index contributed by atoms with van der Waals surface area (Å²) in [6.07, 6.45) is 0. The van der Waals surface area contributed by atoms with Crippen molar-refractivity contribution in [2.75, 3.05) is 0 Å². The van der Waals surface area contributed by atoms with Crippen molar-refractivity contribution < 1.29 is 13.9 Å². The van der Waals surface area contributed by atoms with E-state index < -0.39 is 11.6 Å². The van der Waals surface area contributed by atoms with E-state index in [1.807, 2.05) is 0 Å². The molecule has 0 spiro atoms. The highest BCUT2D eigenvalue weighted by Crippen LogP contribution is 2.30. The van der Waals surface area contributed by atoms with E-state index in [1.165, 1.54) is 18.2 Å². The van der Waals surface area contributed by atoms with Crippen molar-refractivity contribution >= 4 is 15.9 Å². The highest BCUT2D eigenvalue weighted by Gasteiger charge is 2.09. The molecule has 0 atom stereocenters. The molecule has 0 bridgehead atoms. The van der Waals surface area contributed by atoms with Crippen LogP contribution >= 0.6 is 15.9 Å². The highest BCUT2D eigenvalue weighted by molar-refractivity contribution is 9.10. The van der Waals surface area contributed by atoms with Crippen LogP contribution in [0.4, 0.5) is 8.78 Å². The molecule has 0 aromatic heterocycles. The number of benzene rings is 2. The minimum Gasteiger partial charge on any atom is -0.508 e. The zero-order valence-corrected chi connectivity index (χ0v) is 9.63. The Hall–Kier alpha value is -1.42. The lowest BCUT2D eigenvalue weighted by atomic mass is 10.0. The van der Waals surface area contributed by atoms with Crippen molar-refractivity contribution in [2.45, 2.75) is 0 Å². The molecule has 2 aromatic carbocycles. The smallest absolute Gasteiger partial charge is 0.145 e. The van der Waals surface area contributed by atoms with E-state index in [-0.39, 0.29) is 11.3 Å². The summed E-state index contributed by atoms with van der Waals surface area (Å²) < 4.78 is 27.1. The first-order chi connectivity index (χ1) is 7.58. The summed E-state index contributed by atoms with van der Waals surface area (Å²) in [5.74, 6) is -1.31. The molecule has 0 radical (unpaired) electrons. The van der Waals surface area contributed by atoms with Crippen LogP contribution in [0.5, 0.6) is 5.75 Å². The second kappa shape index (κ2) is 4.22. The van der Waals surface area contributed by atoms with E-state index in [2.05, 4.69) is 15.9 Å². The monoisotopic (exact) mass is 284 g/mol. The van der Waals surface area contributed by atoms with E-state index >= 15 is 0 Å². The lowest BCUT2D eigenvalue weighted by Crippen LogP contribution is -1.86. The summed E-state index contributed by atoms with van der Waals surface area (Å²) in [6.45, 7) is 0. The summed E-state index contributed by atoms with van der Waals surface area (Å²) >= 11 is 3.05. The first kappa shape index (κ1) is 11.1. The van der Waals surface area contributed by atoms with Gasteiger partial charge in [0.05, 0.1) is 4.47 Å². The minimum atomic E-state index is -0.602. The SMILES string of the molecule is Oc1cc(F)cc(-c2cccc(Br)c2F)c1. The fraction of sp³-hybridized carbons (Fsp3) is 0. The Labute approximate surface area is 99.5 Å². The van der Waals surface area contributed by atoms with E-state index in [0.29, 0.717) is 10.0 Å². The Bertz CT molecular complexity index is 520. The van der Waals surface area contributed by atoms with Gasteiger partial charge in [0.1, 0.15) is 17.4 Å². The lowest BCUT2D eigenvalue weighted by Gasteiger charge is -2.05. The Morgan fingerprint density at radius 1 is 1.06 bits per heavy atom. The van der Waals surface area contributed by atoms with Gasteiger partial charge in [-0.05, 0) is 39.7 Å². The maximum atomic E-state index is 13.7. The molecular weight excluding hydrogens is 278 g/mol. The van der Waals surface area contributed by atoms with Crippen LogP contribution in [0.2, 0.25) is 0 Å². The van der Waals surface area contributed by atoms with Crippen molar-refractivity contribution in [2.24, 2.45) is 0 Å². The molecule has 0 aliphatic heterocycles. The van der Waals surface area contributed by atoms with Gasteiger partial charge in [-0.1, -0.05) is 12.1 Å². The van der Waals surface area contributed by atoms with E-state index in [4.69, 9.17) is 0 Å². The third kappa shape index (κ3) is 2.07. The number of hydrogen-bond acceptors (Lipinski definition) is 1. The first-order valence-electron chi connectivity index (χ1n) is 4.52. The molecule has 2 aromatic rings. The average Bonchev–Trinajstić information content (AvgIpc) is 2.20. The molecule has 0 fully saturated rings. The van der Waals surface area contributed by atoms with Crippen LogP contribution < -0.4 is 0 Å². The van der Waals surface area contributed by atoms with Crippen LogP contribution in [0.25, 0.3) is 11.1 Å². The van der Waals surface area contributed by atoms with Gasteiger partial charge in [-0.3, -0.25) is 0 Å². The maximum Gasteiger partial charge on any atom is 0.145 e. The molecule has 1 N–H and O–H groups in total. The summed E-state index contributed by atoms with van der Waals surface area (Å²) in [6, 6.07) is 8.18. The standard InChI is InChI=1S/C12H7BrF2O/c13-11-3-1-2-10(12(11)15)7-4-8(14)6-9(16)5-7/h1-6,16H. The van der Waals surface area contributed by atoms with Crippen molar-refractivity contribution in [3.63, 3.8) is 0 Å². The Kier molecular flexibility index (Phi) is 2.92. The van der Waals surface area contributed by atoms with Crippen molar-refractivity contribution in [3.8, 4) is 16.9 Å². The molecule has 4 heteroatoms. The molecule has 1 nitrogen and oxygen atoms in total. The van der Waals surface area contributed by atoms with Crippen molar-refractivity contribution in [1.82, 2.24) is 0 Å². The highest BCUT2D eigenvalue weighted by atomic mass is 79.9. The average molecular weight is 285 g/mol. The number of phenols is 1. The van der Waals surface area contributed by atoms with Gasteiger partial charge < -0.3 is 5.11 Å². The predicted octanol–water partition coefficient (Wildman–Crippen LogP) is 4.10. The van der Waals surface area contributed by atoms with E-state index in [1.54, 1.807) is 12.1 Å². The van der Waals surface area contributed by atoms with Crippen LogP contribution in [0.15, 0.2) is 40.9 Å².